The van der Waals surface area contributed by atoms with Crippen LogP contribution in [0.15, 0.2) is 42.5 Å². The molecule has 0 unspecified atom stereocenters. The number of carbonyl (C=O) groups excluding carboxylic acids is 2. The highest BCUT2D eigenvalue weighted by molar-refractivity contribution is 6.09. The summed E-state index contributed by atoms with van der Waals surface area (Å²) in [5, 5.41) is 4.63. The Balaban J connectivity index is 2.34. The van der Waals surface area contributed by atoms with E-state index < -0.39 is 11.9 Å². The number of ether oxygens (including phenoxy) is 2. The molecule has 25 heavy (non-hydrogen) atoms. The number of benzene rings is 1. The summed E-state index contributed by atoms with van der Waals surface area (Å²) >= 11 is 0. The molecule has 2 heterocycles. The minimum Gasteiger partial charge on any atom is -0.465 e. The van der Waals surface area contributed by atoms with Gasteiger partial charge in [-0.1, -0.05) is 37.3 Å². The summed E-state index contributed by atoms with van der Waals surface area (Å²) in [5.41, 5.74) is 3.20. The van der Waals surface area contributed by atoms with Gasteiger partial charge in [0.15, 0.2) is 0 Å². The molecule has 0 fully saturated rings. The van der Waals surface area contributed by atoms with Crippen LogP contribution in [0.5, 0.6) is 0 Å². The van der Waals surface area contributed by atoms with Crippen molar-refractivity contribution in [1.82, 2.24) is 9.61 Å². The van der Waals surface area contributed by atoms with Crippen LogP contribution >= 0.6 is 0 Å². The average Bonchev–Trinajstić information content (AvgIpc) is 3.00. The van der Waals surface area contributed by atoms with Crippen LogP contribution in [0.2, 0.25) is 0 Å². The molecular formula is C19H18N2O4. The van der Waals surface area contributed by atoms with Crippen molar-refractivity contribution in [3.8, 4) is 11.3 Å². The first kappa shape index (κ1) is 16.7. The Morgan fingerprint density at radius 3 is 2.20 bits per heavy atom. The maximum Gasteiger partial charge on any atom is 0.341 e. The third-order valence-electron chi connectivity index (χ3n) is 4.07. The number of esters is 2. The van der Waals surface area contributed by atoms with Gasteiger partial charge in [-0.15, -0.1) is 0 Å². The Morgan fingerprint density at radius 1 is 0.960 bits per heavy atom. The molecule has 1 aromatic carbocycles. The Kier molecular flexibility index (Phi) is 4.52. The van der Waals surface area contributed by atoms with Crippen molar-refractivity contribution in [2.24, 2.45) is 0 Å². The van der Waals surface area contributed by atoms with Crippen LogP contribution in [0.4, 0.5) is 0 Å². The van der Waals surface area contributed by atoms with Gasteiger partial charge in [-0.3, -0.25) is 0 Å². The molecular weight excluding hydrogens is 320 g/mol. The maximum atomic E-state index is 12.3. The van der Waals surface area contributed by atoms with E-state index in [9.17, 15) is 9.59 Å². The molecule has 0 radical (unpaired) electrons. The topological polar surface area (TPSA) is 69.9 Å². The predicted molar refractivity (Wildman–Crippen MR) is 92.7 cm³/mol. The zero-order valence-corrected chi connectivity index (χ0v) is 14.3. The summed E-state index contributed by atoms with van der Waals surface area (Å²) in [5.74, 6) is -1.17. The molecule has 6 nitrogen and oxygen atoms in total. The highest BCUT2D eigenvalue weighted by atomic mass is 16.5. The van der Waals surface area contributed by atoms with Crippen LogP contribution in [-0.4, -0.2) is 35.8 Å². The smallest absolute Gasteiger partial charge is 0.341 e. The molecule has 0 bridgehead atoms. The average molecular weight is 338 g/mol. The second-order valence-corrected chi connectivity index (χ2v) is 5.42. The molecule has 0 saturated heterocycles. The molecule has 0 spiro atoms. The number of hydrogen-bond acceptors (Lipinski definition) is 5. The van der Waals surface area contributed by atoms with E-state index in [1.54, 1.807) is 10.6 Å². The fraction of sp³-hybridized carbons (Fsp3) is 0.211. The maximum absolute atomic E-state index is 12.3. The quantitative estimate of drug-likeness (QED) is 0.684. The third-order valence-corrected chi connectivity index (χ3v) is 4.07. The predicted octanol–water partition coefficient (Wildman–Crippen LogP) is 3.14. The molecule has 0 aliphatic carbocycles. The van der Waals surface area contributed by atoms with Gasteiger partial charge >= 0.3 is 11.9 Å². The summed E-state index contributed by atoms with van der Waals surface area (Å²) in [7, 11) is 2.57. The number of aromatic nitrogens is 2. The number of carbonyl (C=O) groups is 2. The zero-order valence-electron chi connectivity index (χ0n) is 14.3. The van der Waals surface area contributed by atoms with Crippen molar-refractivity contribution in [1.29, 1.82) is 0 Å². The van der Waals surface area contributed by atoms with E-state index >= 15 is 0 Å². The standard InChI is InChI=1S/C19H18N2O4/c1-4-14-16(18(22)24-2)17(19(23)25-3)15-11-10-13(20-21(14)15)12-8-6-5-7-9-12/h5-11H,4H2,1-3H3. The number of fused-ring (bicyclic) bond motifs is 1. The van der Waals surface area contributed by atoms with Gasteiger partial charge in [0.1, 0.15) is 5.56 Å². The fourth-order valence-corrected chi connectivity index (χ4v) is 2.92. The van der Waals surface area contributed by atoms with Gasteiger partial charge in [0.2, 0.25) is 0 Å². The Morgan fingerprint density at radius 2 is 1.60 bits per heavy atom. The van der Waals surface area contributed by atoms with Crippen LogP contribution in [0.1, 0.15) is 33.3 Å². The minimum absolute atomic E-state index is 0.179. The zero-order chi connectivity index (χ0) is 18.0. The summed E-state index contributed by atoms with van der Waals surface area (Å²) in [6.45, 7) is 1.89. The van der Waals surface area contributed by atoms with Crippen molar-refractivity contribution in [3.05, 3.63) is 59.3 Å². The van der Waals surface area contributed by atoms with Crippen LogP contribution in [-0.2, 0) is 15.9 Å². The van der Waals surface area contributed by atoms with Gasteiger partial charge < -0.3 is 9.47 Å². The van der Waals surface area contributed by atoms with E-state index in [1.807, 2.05) is 43.3 Å². The van der Waals surface area contributed by atoms with Crippen LogP contribution in [0.25, 0.3) is 16.8 Å². The normalized spacial score (nSPS) is 10.7. The molecule has 3 aromatic rings. The van der Waals surface area contributed by atoms with Gasteiger partial charge in [-0.05, 0) is 18.6 Å². The van der Waals surface area contributed by atoms with E-state index in [-0.39, 0.29) is 11.1 Å². The lowest BCUT2D eigenvalue weighted by Crippen LogP contribution is -2.11. The number of aryl methyl sites for hydroxylation is 1. The summed E-state index contributed by atoms with van der Waals surface area (Å²) < 4.78 is 11.4. The first-order valence-corrected chi connectivity index (χ1v) is 7.89. The summed E-state index contributed by atoms with van der Waals surface area (Å²) in [6, 6.07) is 13.3. The van der Waals surface area contributed by atoms with E-state index in [0.29, 0.717) is 17.6 Å². The lowest BCUT2D eigenvalue weighted by Gasteiger charge is -2.05. The highest BCUT2D eigenvalue weighted by Gasteiger charge is 2.29. The summed E-state index contributed by atoms with van der Waals surface area (Å²) in [4.78, 5) is 24.6. The Bertz CT molecular complexity index is 945. The molecule has 0 aliphatic heterocycles. The molecule has 3 rings (SSSR count). The van der Waals surface area contributed by atoms with Crippen LogP contribution in [0.3, 0.4) is 0 Å². The molecule has 6 heteroatoms. The molecule has 0 aliphatic rings. The molecule has 128 valence electrons. The highest BCUT2D eigenvalue weighted by Crippen LogP contribution is 2.27. The monoisotopic (exact) mass is 338 g/mol. The van der Waals surface area contributed by atoms with Gasteiger partial charge in [-0.25, -0.2) is 14.1 Å². The van der Waals surface area contributed by atoms with Crippen LogP contribution in [0, 0.1) is 0 Å². The van der Waals surface area contributed by atoms with Crippen molar-refractivity contribution in [2.75, 3.05) is 14.2 Å². The molecule has 0 saturated carbocycles. The van der Waals surface area contributed by atoms with Gasteiger partial charge in [-0.2, -0.15) is 5.10 Å². The Hall–Kier alpha value is -3.15. The van der Waals surface area contributed by atoms with Crippen molar-refractivity contribution < 1.29 is 19.1 Å². The van der Waals surface area contributed by atoms with Crippen molar-refractivity contribution in [3.63, 3.8) is 0 Å². The lowest BCUT2D eigenvalue weighted by molar-refractivity contribution is 0.0557. The third kappa shape index (κ3) is 2.76. The van der Waals surface area contributed by atoms with Crippen LogP contribution < -0.4 is 0 Å². The second kappa shape index (κ2) is 6.76. The second-order valence-electron chi connectivity index (χ2n) is 5.42. The van der Waals surface area contributed by atoms with Gasteiger partial charge in [0.05, 0.1) is 36.7 Å². The van der Waals surface area contributed by atoms with Gasteiger partial charge in [0, 0.05) is 5.56 Å². The first-order valence-electron chi connectivity index (χ1n) is 7.89. The van der Waals surface area contributed by atoms with E-state index in [0.717, 1.165) is 11.3 Å². The molecule has 0 atom stereocenters. The van der Waals surface area contributed by atoms with Gasteiger partial charge in [0.25, 0.3) is 0 Å². The number of nitrogens with zero attached hydrogens (tertiary/aromatic N) is 2. The molecule has 2 aromatic heterocycles. The van der Waals surface area contributed by atoms with E-state index in [4.69, 9.17) is 9.47 Å². The summed E-state index contributed by atoms with van der Waals surface area (Å²) in [6.07, 6.45) is 0.508. The Labute approximate surface area is 145 Å². The van der Waals surface area contributed by atoms with Crippen molar-refractivity contribution >= 4 is 17.5 Å². The number of hydrogen-bond donors (Lipinski definition) is 0. The first-order chi connectivity index (χ1) is 12.1. The van der Waals surface area contributed by atoms with Crippen molar-refractivity contribution in [2.45, 2.75) is 13.3 Å². The fourth-order valence-electron chi connectivity index (χ4n) is 2.92. The number of rotatable bonds is 4. The molecule has 0 amide bonds. The van der Waals surface area contributed by atoms with E-state index in [1.165, 1.54) is 14.2 Å². The minimum atomic E-state index is -0.591. The largest absolute Gasteiger partial charge is 0.465 e. The molecule has 0 N–H and O–H groups in total. The number of methoxy groups -OCH3 is 2. The SMILES string of the molecule is CCc1c(C(=O)OC)c(C(=O)OC)c2ccc(-c3ccccc3)nn12. The lowest BCUT2D eigenvalue weighted by atomic mass is 10.1. The van der Waals surface area contributed by atoms with E-state index in [2.05, 4.69) is 5.10 Å².